The van der Waals surface area contributed by atoms with Crippen molar-refractivity contribution in [3.05, 3.63) is 0 Å². The van der Waals surface area contributed by atoms with Gasteiger partial charge in [0.15, 0.2) is 0 Å². The maximum Gasteiger partial charge on any atom is 0.101 e. The van der Waals surface area contributed by atoms with E-state index in [1.807, 2.05) is 0 Å². The normalized spacial score (nSPS) is 21.5. The highest BCUT2D eigenvalue weighted by molar-refractivity contribution is 4.65. The molecule has 0 aromatic heterocycles. The Hall–Kier alpha value is -0.120. The lowest BCUT2D eigenvalue weighted by Gasteiger charge is -2.19. The first-order valence-electron chi connectivity index (χ1n) is 7.59. The average Bonchev–Trinajstić information content (AvgIpc) is 2.64. The summed E-state index contributed by atoms with van der Waals surface area (Å²) >= 11 is 0. The fraction of sp³-hybridized carbons (Fsp3) is 1.00. The number of aliphatic hydroxyl groups is 1. The van der Waals surface area contributed by atoms with Crippen LogP contribution in [-0.4, -0.2) is 37.1 Å². The number of aliphatic hydroxyl groups excluding tert-OH is 1. The molecular weight excluding hydrogens is 228 g/mol. The van der Waals surface area contributed by atoms with Crippen molar-refractivity contribution >= 4 is 0 Å². The van der Waals surface area contributed by atoms with Gasteiger partial charge in [-0.1, -0.05) is 46.0 Å². The van der Waals surface area contributed by atoms with Crippen LogP contribution >= 0.6 is 0 Å². The summed E-state index contributed by atoms with van der Waals surface area (Å²) < 4.78 is 11.3. The van der Waals surface area contributed by atoms with Crippen LogP contribution in [0.25, 0.3) is 0 Å². The Bertz CT molecular complexity index is 188. The van der Waals surface area contributed by atoms with Crippen LogP contribution < -0.4 is 0 Å². The Morgan fingerprint density at radius 3 is 2.33 bits per heavy atom. The molecule has 1 rings (SSSR count). The highest BCUT2D eigenvalue weighted by Crippen LogP contribution is 2.19. The number of rotatable bonds is 8. The summed E-state index contributed by atoms with van der Waals surface area (Å²) in [6, 6.07) is 0. The quantitative estimate of drug-likeness (QED) is 0.680. The first kappa shape index (κ1) is 15.9. The molecule has 0 amide bonds. The van der Waals surface area contributed by atoms with E-state index in [4.69, 9.17) is 9.47 Å². The zero-order chi connectivity index (χ0) is 13.2. The van der Waals surface area contributed by atoms with Crippen molar-refractivity contribution < 1.29 is 14.6 Å². The van der Waals surface area contributed by atoms with Gasteiger partial charge < -0.3 is 14.6 Å². The Balaban J connectivity index is 2.03. The molecule has 3 heteroatoms. The monoisotopic (exact) mass is 258 g/mol. The van der Waals surface area contributed by atoms with E-state index >= 15 is 0 Å². The van der Waals surface area contributed by atoms with Crippen LogP contribution in [0.2, 0.25) is 0 Å². The predicted octanol–water partition coefficient (Wildman–Crippen LogP) is 3.15. The van der Waals surface area contributed by atoms with E-state index in [1.165, 1.54) is 25.7 Å². The third kappa shape index (κ3) is 7.34. The molecule has 1 N–H and O–H groups in total. The fourth-order valence-electron chi connectivity index (χ4n) is 2.23. The molecule has 0 aromatic carbocycles. The Kier molecular flexibility index (Phi) is 8.64. The van der Waals surface area contributed by atoms with Crippen molar-refractivity contribution in [2.24, 2.45) is 5.92 Å². The van der Waals surface area contributed by atoms with Gasteiger partial charge in [0.05, 0.1) is 19.3 Å². The van der Waals surface area contributed by atoms with Gasteiger partial charge in [-0.15, -0.1) is 0 Å². The number of hydrogen-bond acceptors (Lipinski definition) is 3. The molecular formula is C15H30O3. The third-order valence-corrected chi connectivity index (χ3v) is 3.74. The van der Waals surface area contributed by atoms with Crippen LogP contribution in [0.4, 0.5) is 0 Å². The van der Waals surface area contributed by atoms with Crippen molar-refractivity contribution in [1.82, 2.24) is 0 Å². The molecule has 0 spiro atoms. The van der Waals surface area contributed by atoms with Crippen molar-refractivity contribution in [2.45, 2.75) is 71.0 Å². The van der Waals surface area contributed by atoms with Crippen LogP contribution in [0.5, 0.6) is 0 Å². The lowest BCUT2D eigenvalue weighted by molar-refractivity contribution is -0.0514. The van der Waals surface area contributed by atoms with Gasteiger partial charge in [0.25, 0.3) is 0 Å². The summed E-state index contributed by atoms with van der Waals surface area (Å²) in [5, 5.41) is 9.79. The smallest absolute Gasteiger partial charge is 0.101 e. The van der Waals surface area contributed by atoms with E-state index < -0.39 is 6.10 Å². The molecule has 0 aromatic rings. The minimum atomic E-state index is -0.475. The lowest BCUT2D eigenvalue weighted by atomic mass is 10.1. The van der Waals surface area contributed by atoms with Crippen LogP contribution in [0, 0.1) is 5.92 Å². The Labute approximate surface area is 112 Å². The summed E-state index contributed by atoms with van der Waals surface area (Å²) in [6.07, 6.45) is 8.52. The standard InChI is InChI=1S/C15H30O3/c1-3-13(2)10-17-11-14(16)12-18-15-8-6-4-5-7-9-15/h13-16H,3-12H2,1-2H3. The SMILES string of the molecule is CCC(C)COCC(O)COC1CCCCCC1. The molecule has 3 nitrogen and oxygen atoms in total. The molecule has 108 valence electrons. The first-order chi connectivity index (χ1) is 8.72. The zero-order valence-corrected chi connectivity index (χ0v) is 12.1. The van der Waals surface area contributed by atoms with Crippen LogP contribution in [0.3, 0.4) is 0 Å². The van der Waals surface area contributed by atoms with E-state index in [0.717, 1.165) is 25.9 Å². The van der Waals surface area contributed by atoms with Gasteiger partial charge >= 0.3 is 0 Å². The molecule has 0 bridgehead atoms. The second-order valence-electron chi connectivity index (χ2n) is 5.65. The summed E-state index contributed by atoms with van der Waals surface area (Å²) in [4.78, 5) is 0. The summed E-state index contributed by atoms with van der Waals surface area (Å²) in [7, 11) is 0. The van der Waals surface area contributed by atoms with Gasteiger partial charge in [0.1, 0.15) is 6.10 Å². The van der Waals surface area contributed by atoms with Gasteiger partial charge in [0, 0.05) is 6.61 Å². The molecule has 0 aliphatic heterocycles. The molecule has 18 heavy (non-hydrogen) atoms. The van der Waals surface area contributed by atoms with E-state index in [2.05, 4.69) is 13.8 Å². The second kappa shape index (κ2) is 9.76. The topological polar surface area (TPSA) is 38.7 Å². The molecule has 0 heterocycles. The second-order valence-corrected chi connectivity index (χ2v) is 5.65. The molecule has 1 saturated carbocycles. The third-order valence-electron chi connectivity index (χ3n) is 3.74. The lowest BCUT2D eigenvalue weighted by Crippen LogP contribution is -2.26. The van der Waals surface area contributed by atoms with E-state index in [0.29, 0.717) is 25.2 Å². The summed E-state index contributed by atoms with van der Waals surface area (Å²) in [5.41, 5.74) is 0. The maximum absolute atomic E-state index is 9.79. The molecule has 1 fully saturated rings. The largest absolute Gasteiger partial charge is 0.388 e. The predicted molar refractivity (Wildman–Crippen MR) is 73.7 cm³/mol. The van der Waals surface area contributed by atoms with E-state index in [1.54, 1.807) is 0 Å². The summed E-state index contributed by atoms with van der Waals surface area (Å²) in [5.74, 6) is 0.569. The molecule has 1 aliphatic rings. The highest BCUT2D eigenvalue weighted by atomic mass is 16.5. The Morgan fingerprint density at radius 1 is 1.06 bits per heavy atom. The van der Waals surface area contributed by atoms with Crippen LogP contribution in [0.1, 0.15) is 58.8 Å². The first-order valence-corrected chi connectivity index (χ1v) is 7.59. The van der Waals surface area contributed by atoms with Crippen molar-refractivity contribution in [1.29, 1.82) is 0 Å². The maximum atomic E-state index is 9.79. The van der Waals surface area contributed by atoms with Crippen molar-refractivity contribution in [2.75, 3.05) is 19.8 Å². The zero-order valence-electron chi connectivity index (χ0n) is 12.1. The molecule has 0 saturated heterocycles. The minimum Gasteiger partial charge on any atom is -0.388 e. The molecule has 0 radical (unpaired) electrons. The van der Waals surface area contributed by atoms with Crippen LogP contribution in [-0.2, 0) is 9.47 Å². The molecule has 2 atom stereocenters. The van der Waals surface area contributed by atoms with Crippen LogP contribution in [0.15, 0.2) is 0 Å². The number of ether oxygens (including phenoxy) is 2. The molecule has 2 unspecified atom stereocenters. The number of hydrogen-bond donors (Lipinski definition) is 1. The van der Waals surface area contributed by atoms with Gasteiger partial charge in [-0.2, -0.15) is 0 Å². The minimum absolute atomic E-state index is 0.358. The van der Waals surface area contributed by atoms with Crippen molar-refractivity contribution in [3.8, 4) is 0 Å². The average molecular weight is 258 g/mol. The fourth-order valence-corrected chi connectivity index (χ4v) is 2.23. The van der Waals surface area contributed by atoms with Gasteiger partial charge in [-0.05, 0) is 18.8 Å². The Morgan fingerprint density at radius 2 is 1.72 bits per heavy atom. The highest BCUT2D eigenvalue weighted by Gasteiger charge is 2.14. The van der Waals surface area contributed by atoms with Crippen molar-refractivity contribution in [3.63, 3.8) is 0 Å². The van der Waals surface area contributed by atoms with Gasteiger partial charge in [-0.25, -0.2) is 0 Å². The van der Waals surface area contributed by atoms with E-state index in [-0.39, 0.29) is 0 Å². The van der Waals surface area contributed by atoms with E-state index in [9.17, 15) is 5.11 Å². The summed E-state index contributed by atoms with van der Waals surface area (Å²) in [6.45, 7) is 5.87. The van der Waals surface area contributed by atoms with Gasteiger partial charge in [-0.3, -0.25) is 0 Å². The molecule has 1 aliphatic carbocycles. The van der Waals surface area contributed by atoms with Gasteiger partial charge in [0.2, 0.25) is 0 Å².